The van der Waals surface area contributed by atoms with Crippen LogP contribution in [0.15, 0.2) is 16.9 Å². The third-order valence-electron chi connectivity index (χ3n) is 3.74. The fourth-order valence-corrected chi connectivity index (χ4v) is 2.42. The Hall–Kier alpha value is -1.78. The van der Waals surface area contributed by atoms with E-state index in [4.69, 9.17) is 4.74 Å². The number of carbonyl (C=O) groups is 1. The molecule has 1 atom stereocenters. The average molecular weight is 278 g/mol. The van der Waals surface area contributed by atoms with E-state index in [1.54, 1.807) is 11.6 Å². The van der Waals surface area contributed by atoms with E-state index in [1.165, 1.54) is 6.07 Å². The quantitative estimate of drug-likeness (QED) is 0.838. The lowest BCUT2D eigenvalue weighted by Crippen LogP contribution is -2.30. The first-order valence-electron chi connectivity index (χ1n) is 7.13. The van der Waals surface area contributed by atoms with Crippen LogP contribution in [0.5, 0.6) is 5.75 Å². The van der Waals surface area contributed by atoms with E-state index in [0.717, 1.165) is 25.1 Å². The Morgan fingerprint density at radius 3 is 2.85 bits per heavy atom. The van der Waals surface area contributed by atoms with E-state index >= 15 is 0 Å². The summed E-state index contributed by atoms with van der Waals surface area (Å²) in [5, 5.41) is 0. The number of hydrogen-bond donors (Lipinski definition) is 0. The molecule has 2 rings (SSSR count). The predicted molar refractivity (Wildman–Crippen MR) is 76.9 cm³/mol. The molecule has 5 heteroatoms. The van der Waals surface area contributed by atoms with Gasteiger partial charge in [0.1, 0.15) is 11.9 Å². The minimum absolute atomic E-state index is 0.0117. The van der Waals surface area contributed by atoms with Gasteiger partial charge in [-0.2, -0.15) is 0 Å². The highest BCUT2D eigenvalue weighted by molar-refractivity contribution is 5.76. The molecule has 1 aliphatic heterocycles. The number of rotatable bonds is 4. The zero-order valence-electron chi connectivity index (χ0n) is 12.4. The van der Waals surface area contributed by atoms with Crippen molar-refractivity contribution in [2.75, 3.05) is 13.1 Å². The van der Waals surface area contributed by atoms with E-state index < -0.39 is 0 Å². The van der Waals surface area contributed by atoms with Crippen LogP contribution in [0.25, 0.3) is 0 Å². The van der Waals surface area contributed by atoms with Crippen LogP contribution in [0.3, 0.4) is 0 Å². The summed E-state index contributed by atoms with van der Waals surface area (Å²) in [4.78, 5) is 25.4. The second-order valence-electron chi connectivity index (χ2n) is 5.35. The van der Waals surface area contributed by atoms with Crippen molar-refractivity contribution in [2.45, 2.75) is 39.2 Å². The van der Waals surface area contributed by atoms with Crippen LogP contribution in [0.2, 0.25) is 0 Å². The molecule has 0 radical (unpaired) electrons. The number of nitrogens with zero attached hydrogens (tertiary/aromatic N) is 2. The molecule has 1 aromatic rings. The molecule has 1 amide bonds. The maximum absolute atomic E-state index is 11.8. The number of likely N-dealkylation sites (tertiary alicyclic amines) is 1. The lowest BCUT2D eigenvalue weighted by molar-refractivity contribution is -0.130. The molecule has 1 unspecified atom stereocenters. The number of carbonyl (C=O) groups excluding carboxylic acids is 1. The molecule has 0 saturated carbocycles. The first kappa shape index (κ1) is 14.6. The second-order valence-corrected chi connectivity index (χ2v) is 5.35. The zero-order chi connectivity index (χ0) is 14.7. The summed E-state index contributed by atoms with van der Waals surface area (Å²) < 4.78 is 7.43. The van der Waals surface area contributed by atoms with E-state index in [9.17, 15) is 9.59 Å². The molecule has 1 fully saturated rings. The highest BCUT2D eigenvalue weighted by Crippen LogP contribution is 2.18. The fourth-order valence-electron chi connectivity index (χ4n) is 2.42. The van der Waals surface area contributed by atoms with Crippen LogP contribution in [0.4, 0.5) is 0 Å². The molecular weight excluding hydrogens is 256 g/mol. The Morgan fingerprint density at radius 1 is 1.45 bits per heavy atom. The van der Waals surface area contributed by atoms with Gasteiger partial charge in [0.25, 0.3) is 5.56 Å². The normalized spacial score (nSPS) is 18.4. The van der Waals surface area contributed by atoms with Crippen LogP contribution < -0.4 is 10.3 Å². The topological polar surface area (TPSA) is 51.5 Å². The van der Waals surface area contributed by atoms with Crippen molar-refractivity contribution >= 4 is 5.91 Å². The molecule has 110 valence electrons. The van der Waals surface area contributed by atoms with Gasteiger partial charge in [0, 0.05) is 38.2 Å². The maximum Gasteiger partial charge on any atom is 0.254 e. The standard InChI is InChI=1S/C15H22N2O3/c1-4-5-14(18)17-7-6-12(10-17)20-13-8-11(2)16(3)15(19)9-13/h8-9,12H,4-7,10H2,1-3H3. The summed E-state index contributed by atoms with van der Waals surface area (Å²) in [7, 11) is 1.74. The Kier molecular flexibility index (Phi) is 4.47. The zero-order valence-corrected chi connectivity index (χ0v) is 12.4. The molecule has 0 bridgehead atoms. The number of amides is 1. The Balaban J connectivity index is 1.99. The summed E-state index contributed by atoms with van der Waals surface area (Å²) in [5.74, 6) is 0.791. The van der Waals surface area contributed by atoms with Crippen molar-refractivity contribution in [1.29, 1.82) is 0 Å². The van der Waals surface area contributed by atoms with Crippen LogP contribution in [-0.4, -0.2) is 34.6 Å². The van der Waals surface area contributed by atoms with Crippen LogP contribution in [-0.2, 0) is 11.8 Å². The lowest BCUT2D eigenvalue weighted by atomic mass is 10.3. The molecule has 1 aliphatic rings. The number of aryl methyl sites for hydroxylation is 1. The predicted octanol–water partition coefficient (Wildman–Crippen LogP) is 1.47. The fraction of sp³-hybridized carbons (Fsp3) is 0.600. The highest BCUT2D eigenvalue weighted by atomic mass is 16.5. The van der Waals surface area contributed by atoms with Gasteiger partial charge in [0.05, 0.1) is 6.54 Å². The minimum Gasteiger partial charge on any atom is -0.488 e. The van der Waals surface area contributed by atoms with Crippen molar-refractivity contribution < 1.29 is 9.53 Å². The Labute approximate surface area is 119 Å². The summed E-state index contributed by atoms with van der Waals surface area (Å²) in [5.41, 5.74) is 0.793. The molecule has 1 aromatic heterocycles. The van der Waals surface area contributed by atoms with E-state index in [0.29, 0.717) is 18.7 Å². The summed E-state index contributed by atoms with van der Waals surface area (Å²) in [6, 6.07) is 3.36. The largest absolute Gasteiger partial charge is 0.488 e. The van der Waals surface area contributed by atoms with Crippen molar-refractivity contribution in [3.8, 4) is 5.75 Å². The van der Waals surface area contributed by atoms with E-state index in [-0.39, 0.29) is 17.6 Å². The number of aromatic nitrogens is 1. The Morgan fingerprint density at radius 2 is 2.20 bits per heavy atom. The summed E-state index contributed by atoms with van der Waals surface area (Å²) in [6.45, 7) is 5.24. The molecule has 0 spiro atoms. The molecular formula is C15H22N2O3. The van der Waals surface area contributed by atoms with Gasteiger partial charge in [-0.05, 0) is 19.4 Å². The second kappa shape index (κ2) is 6.11. The molecule has 0 aromatic carbocycles. The third kappa shape index (κ3) is 3.21. The van der Waals surface area contributed by atoms with E-state index in [1.807, 2.05) is 24.8 Å². The van der Waals surface area contributed by atoms with Gasteiger partial charge in [-0.3, -0.25) is 9.59 Å². The number of pyridine rings is 1. The van der Waals surface area contributed by atoms with Gasteiger partial charge < -0.3 is 14.2 Å². The van der Waals surface area contributed by atoms with Crippen LogP contribution in [0.1, 0.15) is 31.9 Å². The van der Waals surface area contributed by atoms with Crippen molar-refractivity contribution in [1.82, 2.24) is 9.47 Å². The smallest absolute Gasteiger partial charge is 0.254 e. The van der Waals surface area contributed by atoms with E-state index in [2.05, 4.69) is 0 Å². The van der Waals surface area contributed by atoms with Gasteiger partial charge in [0.15, 0.2) is 0 Å². The monoisotopic (exact) mass is 278 g/mol. The van der Waals surface area contributed by atoms with Crippen molar-refractivity contribution in [3.05, 3.63) is 28.2 Å². The van der Waals surface area contributed by atoms with Crippen molar-refractivity contribution in [3.63, 3.8) is 0 Å². The average Bonchev–Trinajstić information content (AvgIpc) is 2.85. The van der Waals surface area contributed by atoms with Gasteiger partial charge in [-0.1, -0.05) is 6.92 Å². The lowest BCUT2D eigenvalue weighted by Gasteiger charge is -2.17. The maximum atomic E-state index is 11.8. The highest BCUT2D eigenvalue weighted by Gasteiger charge is 2.27. The van der Waals surface area contributed by atoms with Crippen LogP contribution in [0, 0.1) is 6.92 Å². The molecule has 5 nitrogen and oxygen atoms in total. The third-order valence-corrected chi connectivity index (χ3v) is 3.74. The summed E-state index contributed by atoms with van der Waals surface area (Å²) >= 11 is 0. The molecule has 1 saturated heterocycles. The van der Waals surface area contributed by atoms with Gasteiger partial charge in [0.2, 0.25) is 5.91 Å². The van der Waals surface area contributed by atoms with Gasteiger partial charge in [-0.25, -0.2) is 0 Å². The van der Waals surface area contributed by atoms with Gasteiger partial charge in [-0.15, -0.1) is 0 Å². The minimum atomic E-state index is -0.0723. The molecule has 0 aliphatic carbocycles. The van der Waals surface area contributed by atoms with Crippen molar-refractivity contribution in [2.24, 2.45) is 7.05 Å². The Bertz CT molecular complexity index is 551. The molecule has 2 heterocycles. The first-order chi connectivity index (χ1) is 9.51. The first-order valence-corrected chi connectivity index (χ1v) is 7.13. The summed E-state index contributed by atoms with van der Waals surface area (Å²) in [6.07, 6.45) is 2.28. The molecule has 0 N–H and O–H groups in total. The SMILES string of the molecule is CCCC(=O)N1CCC(Oc2cc(C)n(C)c(=O)c2)C1. The van der Waals surface area contributed by atoms with Gasteiger partial charge >= 0.3 is 0 Å². The van der Waals surface area contributed by atoms with Crippen LogP contribution >= 0.6 is 0 Å². The number of ether oxygens (including phenoxy) is 1. The molecule has 20 heavy (non-hydrogen) atoms. The number of hydrogen-bond acceptors (Lipinski definition) is 3.